The van der Waals surface area contributed by atoms with Crippen molar-refractivity contribution in [1.82, 2.24) is 9.97 Å². The molecule has 0 aliphatic heterocycles. The Bertz CT molecular complexity index is 929. The fourth-order valence-corrected chi connectivity index (χ4v) is 4.23. The number of hydrogen-bond acceptors (Lipinski definition) is 6. The summed E-state index contributed by atoms with van der Waals surface area (Å²) in [7, 11) is 1.54. The van der Waals surface area contributed by atoms with Crippen LogP contribution in [-0.2, 0) is 4.79 Å². The highest BCUT2D eigenvalue weighted by Gasteiger charge is 2.19. The predicted molar refractivity (Wildman–Crippen MR) is 104 cm³/mol. The molecule has 0 bridgehead atoms. The molecule has 1 amide bonds. The molecule has 5 nitrogen and oxygen atoms in total. The first-order chi connectivity index (χ1) is 12.0. The topological polar surface area (TPSA) is 64.1 Å². The summed E-state index contributed by atoms with van der Waals surface area (Å²) in [5, 5.41) is 5.95. The van der Waals surface area contributed by atoms with E-state index >= 15 is 0 Å². The second kappa shape index (κ2) is 7.59. The van der Waals surface area contributed by atoms with E-state index in [1.165, 1.54) is 18.1 Å². The van der Waals surface area contributed by atoms with Gasteiger partial charge in [-0.1, -0.05) is 23.4 Å². The smallest absolute Gasteiger partial charge is 0.237 e. The van der Waals surface area contributed by atoms with Gasteiger partial charge in [-0.2, -0.15) is 0 Å². The summed E-state index contributed by atoms with van der Waals surface area (Å²) in [6, 6.07) is 5.44. The Kier molecular flexibility index (Phi) is 5.46. The summed E-state index contributed by atoms with van der Waals surface area (Å²) < 4.78 is 6.30. The first kappa shape index (κ1) is 18.0. The Labute approximate surface area is 158 Å². The number of nitrogens with zero attached hydrogens (tertiary/aromatic N) is 2. The molecule has 0 spiro atoms. The van der Waals surface area contributed by atoms with E-state index in [4.69, 9.17) is 16.3 Å². The number of carbonyl (C=O) groups excluding carboxylic acids is 1. The maximum atomic E-state index is 12.6. The van der Waals surface area contributed by atoms with Crippen LogP contribution in [0, 0.1) is 6.92 Å². The lowest BCUT2D eigenvalue weighted by molar-refractivity contribution is -0.115. The molecule has 0 saturated heterocycles. The van der Waals surface area contributed by atoms with Crippen LogP contribution >= 0.6 is 34.7 Å². The van der Waals surface area contributed by atoms with Gasteiger partial charge in [-0.3, -0.25) is 4.79 Å². The summed E-state index contributed by atoms with van der Waals surface area (Å²) in [6.07, 6.45) is 1.52. The van der Waals surface area contributed by atoms with Crippen LogP contribution in [0.1, 0.15) is 12.5 Å². The van der Waals surface area contributed by atoms with Crippen LogP contribution in [-0.4, -0.2) is 28.2 Å². The monoisotopic (exact) mass is 393 g/mol. The maximum Gasteiger partial charge on any atom is 0.237 e. The number of thioether (sulfide) groups is 1. The summed E-state index contributed by atoms with van der Waals surface area (Å²) >= 11 is 9.08. The van der Waals surface area contributed by atoms with Gasteiger partial charge in [0.05, 0.1) is 28.3 Å². The van der Waals surface area contributed by atoms with Gasteiger partial charge < -0.3 is 10.1 Å². The zero-order chi connectivity index (χ0) is 18.0. The van der Waals surface area contributed by atoms with Crippen LogP contribution in [0.2, 0.25) is 5.02 Å². The molecule has 1 N–H and O–H groups in total. The number of benzene rings is 1. The molecule has 0 aliphatic rings. The number of aryl methyl sites for hydroxylation is 1. The zero-order valence-electron chi connectivity index (χ0n) is 13.9. The molecule has 0 radical (unpaired) electrons. The van der Waals surface area contributed by atoms with Crippen LogP contribution in [0.3, 0.4) is 0 Å². The Hall–Kier alpha value is -1.83. The highest BCUT2D eigenvalue weighted by Crippen LogP contribution is 2.34. The number of halogens is 1. The van der Waals surface area contributed by atoms with E-state index in [9.17, 15) is 4.79 Å². The van der Waals surface area contributed by atoms with Crippen molar-refractivity contribution >= 4 is 56.5 Å². The average molecular weight is 394 g/mol. The standard InChI is InChI=1S/C17H16ClN3O2S2/c1-9-6-13(14(23-3)7-11(9)18)21-16(22)10(2)25-17-15-12(4-5-24-15)19-8-20-17/h4-8,10H,1-3H3,(H,21,22)/t10-/m1/s1. The van der Waals surface area contributed by atoms with Crippen molar-refractivity contribution in [1.29, 1.82) is 0 Å². The second-order valence-corrected chi connectivity index (χ2v) is 8.02. The Balaban J connectivity index is 1.77. The molecule has 2 aromatic heterocycles. The molecule has 0 saturated carbocycles. The van der Waals surface area contributed by atoms with Crippen molar-refractivity contribution in [3.8, 4) is 5.75 Å². The van der Waals surface area contributed by atoms with E-state index in [-0.39, 0.29) is 11.2 Å². The lowest BCUT2D eigenvalue weighted by Gasteiger charge is -2.15. The first-order valence-corrected chi connectivity index (χ1v) is 9.63. The molecule has 3 rings (SSSR count). The number of fused-ring (bicyclic) bond motifs is 1. The van der Waals surface area contributed by atoms with Crippen LogP contribution in [0.5, 0.6) is 5.75 Å². The third kappa shape index (κ3) is 3.89. The molecular weight excluding hydrogens is 378 g/mol. The SMILES string of the molecule is COc1cc(Cl)c(C)cc1NC(=O)[C@@H](C)Sc1ncnc2ccsc12. The zero-order valence-corrected chi connectivity index (χ0v) is 16.3. The Morgan fingerprint density at radius 3 is 2.96 bits per heavy atom. The van der Waals surface area contributed by atoms with Gasteiger partial charge in [0.2, 0.25) is 5.91 Å². The van der Waals surface area contributed by atoms with E-state index in [1.54, 1.807) is 30.6 Å². The van der Waals surface area contributed by atoms with Gasteiger partial charge >= 0.3 is 0 Å². The van der Waals surface area contributed by atoms with E-state index in [2.05, 4.69) is 15.3 Å². The van der Waals surface area contributed by atoms with Gasteiger partial charge in [0.1, 0.15) is 17.1 Å². The molecule has 130 valence electrons. The maximum absolute atomic E-state index is 12.6. The van der Waals surface area contributed by atoms with E-state index in [0.29, 0.717) is 16.5 Å². The number of carbonyl (C=O) groups is 1. The summed E-state index contributed by atoms with van der Waals surface area (Å²) in [4.78, 5) is 21.1. The van der Waals surface area contributed by atoms with Crippen LogP contribution in [0.4, 0.5) is 5.69 Å². The van der Waals surface area contributed by atoms with E-state index in [1.807, 2.05) is 25.3 Å². The van der Waals surface area contributed by atoms with Crippen molar-refractivity contribution in [3.63, 3.8) is 0 Å². The molecular formula is C17H16ClN3O2S2. The number of thiophene rings is 1. The Morgan fingerprint density at radius 1 is 1.40 bits per heavy atom. The van der Waals surface area contributed by atoms with Gasteiger partial charge in [-0.05, 0) is 36.9 Å². The Morgan fingerprint density at radius 2 is 2.20 bits per heavy atom. The van der Waals surface area contributed by atoms with E-state index in [0.717, 1.165) is 20.8 Å². The number of hydrogen-bond donors (Lipinski definition) is 1. The molecule has 0 aliphatic carbocycles. The van der Waals surface area contributed by atoms with Crippen molar-refractivity contribution in [2.45, 2.75) is 24.1 Å². The molecule has 25 heavy (non-hydrogen) atoms. The minimum atomic E-state index is -0.333. The van der Waals surface area contributed by atoms with Crippen molar-refractivity contribution < 1.29 is 9.53 Å². The summed E-state index contributed by atoms with van der Waals surface area (Å²) in [6.45, 7) is 3.72. The van der Waals surface area contributed by atoms with Gasteiger partial charge in [-0.25, -0.2) is 9.97 Å². The van der Waals surface area contributed by atoms with Crippen molar-refractivity contribution in [3.05, 3.63) is 40.5 Å². The second-order valence-electron chi connectivity index (χ2n) is 5.36. The van der Waals surface area contributed by atoms with Crippen LogP contribution in [0.25, 0.3) is 10.2 Å². The van der Waals surface area contributed by atoms with Crippen LogP contribution in [0.15, 0.2) is 34.9 Å². The molecule has 1 aromatic carbocycles. The summed E-state index contributed by atoms with van der Waals surface area (Å²) in [5.41, 5.74) is 2.37. The van der Waals surface area contributed by atoms with Crippen molar-refractivity contribution in [2.24, 2.45) is 0 Å². The average Bonchev–Trinajstić information content (AvgIpc) is 3.07. The minimum absolute atomic E-state index is 0.131. The number of rotatable bonds is 5. The lowest BCUT2D eigenvalue weighted by Crippen LogP contribution is -2.23. The van der Waals surface area contributed by atoms with Crippen molar-refractivity contribution in [2.75, 3.05) is 12.4 Å². The van der Waals surface area contributed by atoms with Crippen LogP contribution < -0.4 is 10.1 Å². The van der Waals surface area contributed by atoms with Gasteiger partial charge in [0.25, 0.3) is 0 Å². The first-order valence-electron chi connectivity index (χ1n) is 7.49. The summed E-state index contributed by atoms with van der Waals surface area (Å²) in [5.74, 6) is 0.400. The highest BCUT2D eigenvalue weighted by molar-refractivity contribution is 8.00. The number of ether oxygens (including phenoxy) is 1. The third-order valence-electron chi connectivity index (χ3n) is 3.61. The molecule has 1 atom stereocenters. The largest absolute Gasteiger partial charge is 0.495 e. The minimum Gasteiger partial charge on any atom is -0.495 e. The fourth-order valence-electron chi connectivity index (χ4n) is 2.24. The quantitative estimate of drug-likeness (QED) is 0.499. The molecule has 2 heterocycles. The van der Waals surface area contributed by atoms with Gasteiger partial charge in [0, 0.05) is 11.1 Å². The lowest BCUT2D eigenvalue weighted by atomic mass is 10.2. The number of amides is 1. The number of aromatic nitrogens is 2. The number of methoxy groups -OCH3 is 1. The van der Waals surface area contributed by atoms with Gasteiger partial charge in [-0.15, -0.1) is 11.3 Å². The normalized spacial score (nSPS) is 12.2. The molecule has 0 unspecified atom stereocenters. The van der Waals surface area contributed by atoms with Gasteiger partial charge in [0.15, 0.2) is 0 Å². The molecule has 3 aromatic rings. The number of nitrogens with one attached hydrogen (secondary N) is 1. The number of anilines is 1. The molecule has 8 heteroatoms. The fraction of sp³-hybridized carbons (Fsp3) is 0.235. The van der Waals surface area contributed by atoms with E-state index < -0.39 is 0 Å². The third-order valence-corrected chi connectivity index (χ3v) is 6.15. The predicted octanol–water partition coefficient (Wildman–Crippen LogP) is 4.78. The molecule has 0 fully saturated rings. The highest BCUT2D eigenvalue weighted by atomic mass is 35.5.